The summed E-state index contributed by atoms with van der Waals surface area (Å²) in [4.78, 5) is 0. The van der Waals surface area contributed by atoms with Gasteiger partial charge < -0.3 is 25.7 Å². The van der Waals surface area contributed by atoms with E-state index in [1.165, 1.54) is 6.07 Å². The fraction of sp³-hybridized carbons (Fsp3) is 0.538. The zero-order chi connectivity index (χ0) is 13.1. The van der Waals surface area contributed by atoms with Gasteiger partial charge in [-0.15, -0.1) is 0 Å². The first-order valence-electron chi connectivity index (χ1n) is 6.22. The predicted octanol–water partition coefficient (Wildman–Crippen LogP) is 1.20. The molecule has 5 N–H and O–H groups in total. The van der Waals surface area contributed by atoms with Crippen LogP contribution in [0.15, 0.2) is 12.1 Å². The minimum absolute atomic E-state index is 0.186. The molecule has 0 bridgehead atoms. The second-order valence-electron chi connectivity index (χ2n) is 4.83. The van der Waals surface area contributed by atoms with E-state index in [4.69, 9.17) is 0 Å². The Hall–Kier alpha value is -1.46. The smallest absolute Gasteiger partial charge is 0.200 e. The Morgan fingerprint density at radius 1 is 1.00 bits per heavy atom. The molecule has 1 fully saturated rings. The Morgan fingerprint density at radius 2 is 1.67 bits per heavy atom. The number of phenols is 3. The first-order chi connectivity index (χ1) is 8.58. The van der Waals surface area contributed by atoms with E-state index in [-0.39, 0.29) is 17.6 Å². The molecule has 0 amide bonds. The van der Waals surface area contributed by atoms with Crippen molar-refractivity contribution in [2.45, 2.75) is 44.4 Å². The average Bonchev–Trinajstić information content (AvgIpc) is 2.37. The summed E-state index contributed by atoms with van der Waals surface area (Å²) in [6.45, 7) is 0.431. The molecule has 2 rings (SSSR count). The normalized spacial score (nSPS) is 24.1. The van der Waals surface area contributed by atoms with Crippen LogP contribution in [0.5, 0.6) is 17.2 Å². The summed E-state index contributed by atoms with van der Waals surface area (Å²) >= 11 is 0. The Morgan fingerprint density at radius 3 is 2.33 bits per heavy atom. The first-order valence-corrected chi connectivity index (χ1v) is 6.22. The second kappa shape index (κ2) is 5.46. The molecule has 1 aromatic rings. The lowest BCUT2D eigenvalue weighted by molar-refractivity contribution is 0.116. The molecule has 1 aliphatic carbocycles. The highest BCUT2D eigenvalue weighted by molar-refractivity contribution is 5.52. The number of hydrogen-bond donors (Lipinski definition) is 5. The summed E-state index contributed by atoms with van der Waals surface area (Å²) in [5.41, 5.74) is 0.552. The van der Waals surface area contributed by atoms with Crippen molar-refractivity contribution in [1.29, 1.82) is 0 Å². The topological polar surface area (TPSA) is 93.0 Å². The zero-order valence-corrected chi connectivity index (χ0v) is 10.1. The molecule has 0 spiro atoms. The quantitative estimate of drug-likeness (QED) is 0.522. The fourth-order valence-electron chi connectivity index (χ4n) is 2.29. The number of rotatable bonds is 3. The molecule has 0 unspecified atom stereocenters. The highest BCUT2D eigenvalue weighted by atomic mass is 16.3. The van der Waals surface area contributed by atoms with E-state index >= 15 is 0 Å². The van der Waals surface area contributed by atoms with Gasteiger partial charge in [0, 0.05) is 18.2 Å². The van der Waals surface area contributed by atoms with Gasteiger partial charge in [0.15, 0.2) is 11.5 Å². The van der Waals surface area contributed by atoms with E-state index in [1.54, 1.807) is 6.07 Å². The summed E-state index contributed by atoms with van der Waals surface area (Å²) < 4.78 is 0. The molecule has 5 nitrogen and oxygen atoms in total. The summed E-state index contributed by atoms with van der Waals surface area (Å²) in [5, 5.41) is 40.9. The van der Waals surface area contributed by atoms with Crippen molar-refractivity contribution in [1.82, 2.24) is 5.32 Å². The molecule has 100 valence electrons. The Labute approximate surface area is 106 Å². The lowest BCUT2D eigenvalue weighted by atomic mass is 9.93. The molecule has 0 heterocycles. The van der Waals surface area contributed by atoms with Gasteiger partial charge in [-0.2, -0.15) is 0 Å². The monoisotopic (exact) mass is 253 g/mol. The van der Waals surface area contributed by atoms with Gasteiger partial charge in [-0.25, -0.2) is 0 Å². The molecule has 1 aromatic carbocycles. The summed E-state index contributed by atoms with van der Waals surface area (Å²) in [5.74, 6) is -1.08. The van der Waals surface area contributed by atoms with E-state index in [9.17, 15) is 20.4 Å². The molecule has 0 aliphatic heterocycles. The molecule has 0 atom stereocenters. The van der Waals surface area contributed by atoms with Gasteiger partial charge in [-0.05, 0) is 31.7 Å². The minimum Gasteiger partial charge on any atom is -0.504 e. The van der Waals surface area contributed by atoms with Crippen LogP contribution in [-0.2, 0) is 6.54 Å². The average molecular weight is 253 g/mol. The third kappa shape index (κ3) is 2.86. The van der Waals surface area contributed by atoms with Gasteiger partial charge in [-0.1, -0.05) is 6.07 Å². The number of hydrogen-bond acceptors (Lipinski definition) is 5. The molecule has 1 aliphatic rings. The Balaban J connectivity index is 1.92. The fourth-order valence-corrected chi connectivity index (χ4v) is 2.29. The largest absolute Gasteiger partial charge is 0.504 e. The molecule has 0 radical (unpaired) electrons. The van der Waals surface area contributed by atoms with Gasteiger partial charge in [0.1, 0.15) is 0 Å². The first kappa shape index (κ1) is 13.0. The molecular weight excluding hydrogens is 234 g/mol. The van der Waals surface area contributed by atoms with Crippen molar-refractivity contribution in [3.8, 4) is 17.2 Å². The maximum atomic E-state index is 9.66. The molecule has 18 heavy (non-hydrogen) atoms. The van der Waals surface area contributed by atoms with E-state index in [2.05, 4.69) is 5.32 Å². The molecule has 0 aromatic heterocycles. The van der Waals surface area contributed by atoms with E-state index in [0.717, 1.165) is 25.7 Å². The second-order valence-corrected chi connectivity index (χ2v) is 4.83. The molecule has 5 heteroatoms. The SMILES string of the molecule is Oc1ccc(CNC2CCC(O)CC2)c(O)c1O. The highest BCUT2D eigenvalue weighted by Gasteiger charge is 2.19. The van der Waals surface area contributed by atoms with Gasteiger partial charge in [0.05, 0.1) is 6.10 Å². The standard InChI is InChI=1S/C13H19NO4/c15-10-4-2-9(3-5-10)14-7-8-1-6-11(16)13(18)12(8)17/h1,6,9-10,14-18H,2-5,7H2. The Kier molecular flexibility index (Phi) is 3.93. The van der Waals surface area contributed by atoms with Crippen LogP contribution < -0.4 is 5.32 Å². The third-order valence-corrected chi connectivity index (χ3v) is 3.49. The number of aliphatic hydroxyl groups is 1. The van der Waals surface area contributed by atoms with Crippen LogP contribution in [0.4, 0.5) is 0 Å². The van der Waals surface area contributed by atoms with E-state index in [0.29, 0.717) is 18.2 Å². The van der Waals surface area contributed by atoms with Crippen LogP contribution in [-0.4, -0.2) is 32.6 Å². The summed E-state index contributed by atoms with van der Waals surface area (Å²) in [7, 11) is 0. The maximum absolute atomic E-state index is 9.66. The third-order valence-electron chi connectivity index (χ3n) is 3.49. The lowest BCUT2D eigenvalue weighted by Gasteiger charge is -2.26. The number of aromatic hydroxyl groups is 3. The zero-order valence-electron chi connectivity index (χ0n) is 10.1. The van der Waals surface area contributed by atoms with Crippen LogP contribution in [0.25, 0.3) is 0 Å². The van der Waals surface area contributed by atoms with Gasteiger partial charge in [0.2, 0.25) is 5.75 Å². The van der Waals surface area contributed by atoms with Crippen LogP contribution in [0.2, 0.25) is 0 Å². The highest BCUT2D eigenvalue weighted by Crippen LogP contribution is 2.37. The molecule has 0 saturated heterocycles. The van der Waals surface area contributed by atoms with Crippen LogP contribution >= 0.6 is 0 Å². The maximum Gasteiger partial charge on any atom is 0.200 e. The van der Waals surface area contributed by atoms with E-state index < -0.39 is 5.75 Å². The van der Waals surface area contributed by atoms with E-state index in [1.807, 2.05) is 0 Å². The number of phenolic OH excluding ortho intramolecular Hbond substituents is 3. The predicted molar refractivity (Wildman–Crippen MR) is 66.5 cm³/mol. The van der Waals surface area contributed by atoms with Gasteiger partial charge in [0.25, 0.3) is 0 Å². The van der Waals surface area contributed by atoms with Crippen LogP contribution in [0.3, 0.4) is 0 Å². The Bertz CT molecular complexity index is 414. The van der Waals surface area contributed by atoms with Crippen molar-refractivity contribution in [3.63, 3.8) is 0 Å². The number of nitrogens with one attached hydrogen (secondary N) is 1. The number of aliphatic hydroxyl groups excluding tert-OH is 1. The van der Waals surface area contributed by atoms with Crippen LogP contribution in [0, 0.1) is 0 Å². The number of benzene rings is 1. The summed E-state index contributed by atoms with van der Waals surface area (Å²) in [6, 6.07) is 3.26. The molecule has 1 saturated carbocycles. The van der Waals surface area contributed by atoms with Gasteiger partial charge in [-0.3, -0.25) is 0 Å². The van der Waals surface area contributed by atoms with Crippen molar-refractivity contribution in [3.05, 3.63) is 17.7 Å². The lowest BCUT2D eigenvalue weighted by Crippen LogP contribution is -2.34. The molecular formula is C13H19NO4. The van der Waals surface area contributed by atoms with Crippen molar-refractivity contribution in [2.24, 2.45) is 0 Å². The van der Waals surface area contributed by atoms with Crippen molar-refractivity contribution >= 4 is 0 Å². The van der Waals surface area contributed by atoms with Crippen molar-refractivity contribution < 1.29 is 20.4 Å². The van der Waals surface area contributed by atoms with Gasteiger partial charge >= 0.3 is 0 Å². The minimum atomic E-state index is -0.478. The summed E-state index contributed by atoms with van der Waals surface area (Å²) in [6.07, 6.45) is 3.22. The van der Waals surface area contributed by atoms with Crippen LogP contribution in [0.1, 0.15) is 31.2 Å². The van der Waals surface area contributed by atoms with Crippen molar-refractivity contribution in [2.75, 3.05) is 0 Å².